The third kappa shape index (κ3) is 4.29. The summed E-state index contributed by atoms with van der Waals surface area (Å²) in [6, 6.07) is 15.7. The second-order valence-corrected chi connectivity index (χ2v) is 7.43. The first kappa shape index (κ1) is 18.1. The number of hydrogen-bond acceptors (Lipinski definition) is 5. The van der Waals surface area contributed by atoms with E-state index in [0.29, 0.717) is 11.6 Å². The van der Waals surface area contributed by atoms with Crippen molar-refractivity contribution in [1.29, 1.82) is 0 Å². The summed E-state index contributed by atoms with van der Waals surface area (Å²) < 4.78 is 1.70. The van der Waals surface area contributed by atoms with Gasteiger partial charge in [-0.1, -0.05) is 35.9 Å². The van der Waals surface area contributed by atoms with Crippen LogP contribution in [0, 0.1) is 13.8 Å². The lowest BCUT2D eigenvalue weighted by Gasteiger charge is -2.14. The van der Waals surface area contributed by atoms with Crippen LogP contribution in [0.2, 0.25) is 0 Å². The van der Waals surface area contributed by atoms with Crippen molar-refractivity contribution in [2.45, 2.75) is 31.8 Å². The number of carbonyl (C=O) groups excluding carboxylic acids is 1. The molecule has 0 aliphatic heterocycles. The van der Waals surface area contributed by atoms with Gasteiger partial charge in [-0.15, -0.1) is 16.9 Å². The summed E-state index contributed by atoms with van der Waals surface area (Å²) in [4.78, 5) is 12.5. The molecule has 3 rings (SSSR count). The highest BCUT2D eigenvalue weighted by Gasteiger charge is 2.17. The second-order valence-electron chi connectivity index (χ2n) is 6.10. The van der Waals surface area contributed by atoms with Gasteiger partial charge in [0.05, 0.1) is 16.7 Å². The maximum atomic E-state index is 12.5. The molecule has 1 aromatic heterocycles. The van der Waals surface area contributed by atoms with E-state index >= 15 is 0 Å². The van der Waals surface area contributed by atoms with E-state index in [0.717, 1.165) is 16.9 Å². The molecule has 1 N–H and O–H groups in total. The van der Waals surface area contributed by atoms with Crippen molar-refractivity contribution < 1.29 is 4.79 Å². The lowest BCUT2D eigenvalue weighted by atomic mass is 10.1. The fourth-order valence-electron chi connectivity index (χ4n) is 2.53. The molecule has 0 bridgehead atoms. The third-order valence-corrected chi connectivity index (χ3v) is 5.15. The van der Waals surface area contributed by atoms with Gasteiger partial charge in [0.1, 0.15) is 0 Å². The van der Waals surface area contributed by atoms with E-state index in [2.05, 4.69) is 26.9 Å². The van der Waals surface area contributed by atoms with Crippen LogP contribution in [0.25, 0.3) is 5.69 Å². The molecule has 0 radical (unpaired) electrons. The fraction of sp³-hybridized carbons (Fsp3) is 0.263. The Kier molecular flexibility index (Phi) is 5.68. The maximum Gasteiger partial charge on any atom is 0.237 e. The molecule has 134 valence electrons. The van der Waals surface area contributed by atoms with E-state index in [1.807, 2.05) is 63.2 Å². The third-order valence-electron chi connectivity index (χ3n) is 4.01. The Labute approximate surface area is 157 Å². The predicted octanol–water partition coefficient (Wildman–Crippen LogP) is 3.54. The molecule has 1 atom stereocenters. The normalized spacial score (nSPS) is 12.0. The van der Waals surface area contributed by atoms with E-state index in [1.54, 1.807) is 4.68 Å². The Balaban J connectivity index is 1.61. The Hall–Kier alpha value is -2.67. The number of nitrogens with one attached hydrogen (secondary N) is 1. The van der Waals surface area contributed by atoms with Crippen molar-refractivity contribution in [2.24, 2.45) is 0 Å². The Morgan fingerprint density at radius 1 is 1.19 bits per heavy atom. The largest absolute Gasteiger partial charge is 0.325 e. The van der Waals surface area contributed by atoms with Gasteiger partial charge in [0, 0.05) is 5.69 Å². The molecule has 3 aromatic rings. The van der Waals surface area contributed by atoms with Crippen LogP contribution in [-0.4, -0.2) is 31.4 Å². The van der Waals surface area contributed by atoms with Gasteiger partial charge in [-0.25, -0.2) is 0 Å². The van der Waals surface area contributed by atoms with E-state index in [4.69, 9.17) is 0 Å². The topological polar surface area (TPSA) is 72.7 Å². The number of para-hydroxylation sites is 1. The number of thioether (sulfide) groups is 1. The Morgan fingerprint density at radius 2 is 1.96 bits per heavy atom. The average molecular weight is 367 g/mol. The molecule has 7 heteroatoms. The molecule has 1 unspecified atom stereocenters. The zero-order chi connectivity index (χ0) is 18.5. The average Bonchev–Trinajstić information content (AvgIpc) is 3.11. The van der Waals surface area contributed by atoms with Crippen molar-refractivity contribution in [3.8, 4) is 5.69 Å². The molecular formula is C19H21N5OS. The van der Waals surface area contributed by atoms with Crippen molar-refractivity contribution in [3.05, 3.63) is 65.5 Å². The van der Waals surface area contributed by atoms with Crippen LogP contribution in [0.1, 0.15) is 23.9 Å². The summed E-state index contributed by atoms with van der Waals surface area (Å²) in [6.45, 7) is 5.92. The number of aromatic nitrogens is 4. The number of benzene rings is 2. The van der Waals surface area contributed by atoms with Crippen LogP contribution in [0.15, 0.2) is 48.5 Å². The number of rotatable bonds is 6. The standard InChI is InChI=1S/C19H21N5OS/c1-13-9-10-17(14(2)11-13)20-19(25)15(3)26-12-18-21-22-23-24(18)16-7-5-4-6-8-16/h4-11,15H,12H2,1-3H3,(H,20,25). The molecule has 0 saturated heterocycles. The molecule has 0 spiro atoms. The second kappa shape index (κ2) is 8.14. The highest BCUT2D eigenvalue weighted by Crippen LogP contribution is 2.21. The minimum Gasteiger partial charge on any atom is -0.325 e. The number of aryl methyl sites for hydroxylation is 2. The maximum absolute atomic E-state index is 12.5. The van der Waals surface area contributed by atoms with Crippen LogP contribution in [0.3, 0.4) is 0 Å². The van der Waals surface area contributed by atoms with Gasteiger partial charge in [0.2, 0.25) is 5.91 Å². The van der Waals surface area contributed by atoms with Gasteiger partial charge >= 0.3 is 0 Å². The van der Waals surface area contributed by atoms with Crippen molar-refractivity contribution in [3.63, 3.8) is 0 Å². The van der Waals surface area contributed by atoms with Crippen LogP contribution < -0.4 is 5.32 Å². The Bertz CT molecular complexity index is 894. The fourth-order valence-corrected chi connectivity index (χ4v) is 3.32. The van der Waals surface area contributed by atoms with E-state index in [-0.39, 0.29) is 11.2 Å². The van der Waals surface area contributed by atoms with Gasteiger partial charge in [-0.05, 0) is 55.0 Å². The summed E-state index contributed by atoms with van der Waals surface area (Å²) in [5.74, 6) is 1.23. The molecule has 0 aliphatic rings. The summed E-state index contributed by atoms with van der Waals surface area (Å²) >= 11 is 1.50. The number of amides is 1. The zero-order valence-corrected chi connectivity index (χ0v) is 15.8. The summed E-state index contributed by atoms with van der Waals surface area (Å²) in [6.07, 6.45) is 0. The lowest BCUT2D eigenvalue weighted by molar-refractivity contribution is -0.115. The van der Waals surface area contributed by atoms with Crippen LogP contribution in [-0.2, 0) is 10.5 Å². The number of carbonyl (C=O) groups is 1. The molecule has 26 heavy (non-hydrogen) atoms. The molecule has 1 heterocycles. The van der Waals surface area contributed by atoms with E-state index in [9.17, 15) is 4.79 Å². The van der Waals surface area contributed by atoms with E-state index < -0.39 is 0 Å². The highest BCUT2D eigenvalue weighted by molar-refractivity contribution is 7.99. The SMILES string of the molecule is Cc1ccc(NC(=O)C(C)SCc2nnnn2-c2ccccc2)c(C)c1. The summed E-state index contributed by atoms with van der Waals surface area (Å²) in [7, 11) is 0. The molecular weight excluding hydrogens is 346 g/mol. The smallest absolute Gasteiger partial charge is 0.237 e. The number of nitrogens with zero attached hydrogens (tertiary/aromatic N) is 4. The number of hydrogen-bond donors (Lipinski definition) is 1. The first-order valence-electron chi connectivity index (χ1n) is 8.37. The quantitative estimate of drug-likeness (QED) is 0.721. The van der Waals surface area contributed by atoms with Gasteiger partial charge in [-0.2, -0.15) is 4.68 Å². The van der Waals surface area contributed by atoms with Gasteiger partial charge in [-0.3, -0.25) is 4.79 Å². The predicted molar refractivity (Wildman–Crippen MR) is 104 cm³/mol. The van der Waals surface area contributed by atoms with Crippen LogP contribution in [0.5, 0.6) is 0 Å². The minimum absolute atomic E-state index is 0.0271. The Morgan fingerprint density at radius 3 is 2.69 bits per heavy atom. The highest BCUT2D eigenvalue weighted by atomic mass is 32.2. The monoisotopic (exact) mass is 367 g/mol. The van der Waals surface area contributed by atoms with Crippen LogP contribution >= 0.6 is 11.8 Å². The van der Waals surface area contributed by atoms with Gasteiger partial charge in [0.15, 0.2) is 5.82 Å². The van der Waals surface area contributed by atoms with Crippen molar-refractivity contribution in [2.75, 3.05) is 5.32 Å². The lowest BCUT2D eigenvalue weighted by Crippen LogP contribution is -2.23. The molecule has 0 aliphatic carbocycles. The molecule has 1 amide bonds. The molecule has 0 saturated carbocycles. The summed E-state index contributed by atoms with van der Waals surface area (Å²) in [5, 5.41) is 14.6. The van der Waals surface area contributed by atoms with Gasteiger partial charge in [0.25, 0.3) is 0 Å². The molecule has 0 fully saturated rings. The zero-order valence-electron chi connectivity index (χ0n) is 15.0. The first-order valence-corrected chi connectivity index (χ1v) is 9.42. The first-order chi connectivity index (χ1) is 12.5. The minimum atomic E-state index is -0.225. The van der Waals surface area contributed by atoms with Crippen molar-refractivity contribution >= 4 is 23.4 Å². The summed E-state index contributed by atoms with van der Waals surface area (Å²) in [5.41, 5.74) is 3.99. The number of anilines is 1. The molecule has 6 nitrogen and oxygen atoms in total. The van der Waals surface area contributed by atoms with Gasteiger partial charge < -0.3 is 5.32 Å². The molecule has 2 aromatic carbocycles. The van der Waals surface area contributed by atoms with E-state index in [1.165, 1.54) is 17.3 Å². The van der Waals surface area contributed by atoms with Crippen molar-refractivity contribution in [1.82, 2.24) is 20.2 Å². The van der Waals surface area contributed by atoms with Crippen LogP contribution in [0.4, 0.5) is 5.69 Å². The number of tetrazole rings is 1.